The van der Waals surface area contributed by atoms with E-state index in [9.17, 15) is 18.8 Å². The van der Waals surface area contributed by atoms with E-state index in [-0.39, 0.29) is 29.6 Å². The van der Waals surface area contributed by atoms with Gasteiger partial charge in [-0.25, -0.2) is 4.39 Å². The molecule has 5 N–H and O–H groups in total. The molecule has 0 aliphatic carbocycles. The van der Waals surface area contributed by atoms with Crippen molar-refractivity contribution in [1.29, 1.82) is 0 Å². The summed E-state index contributed by atoms with van der Waals surface area (Å²) in [6.45, 7) is 5.42. The molecule has 0 saturated heterocycles. The molecule has 1 atom stereocenters. The molecule has 0 bridgehead atoms. The third-order valence-electron chi connectivity index (χ3n) is 5.45. The summed E-state index contributed by atoms with van der Waals surface area (Å²) in [4.78, 5) is 40.5. The summed E-state index contributed by atoms with van der Waals surface area (Å²) >= 11 is 0.708. The van der Waals surface area contributed by atoms with Crippen LogP contribution in [0.5, 0.6) is 11.5 Å². The maximum absolute atomic E-state index is 13.9. The monoisotopic (exact) mass is 527 g/mol. The quantitative estimate of drug-likeness (QED) is 0.427. The van der Waals surface area contributed by atoms with Crippen LogP contribution in [0.3, 0.4) is 0 Å². The third-order valence-corrected chi connectivity index (χ3v) is 6.30. The van der Waals surface area contributed by atoms with Crippen LogP contribution in [0.2, 0.25) is 0 Å². The molecule has 1 aromatic heterocycles. The largest absolute Gasteiger partial charge is 0.454 e. The Labute approximate surface area is 216 Å². The molecule has 2 heterocycles. The zero-order valence-corrected chi connectivity index (χ0v) is 21.2. The molecule has 0 unspecified atom stereocenters. The first-order chi connectivity index (χ1) is 17.4. The number of nitrogen functional groups attached to an aromatic ring is 1. The maximum Gasteiger partial charge on any atom is 0.270 e. The average Bonchev–Trinajstić information content (AvgIpc) is 3.44. The van der Waals surface area contributed by atoms with E-state index in [1.165, 1.54) is 29.2 Å². The van der Waals surface area contributed by atoms with Crippen molar-refractivity contribution in [1.82, 2.24) is 14.6 Å². The van der Waals surface area contributed by atoms with Gasteiger partial charge in [-0.3, -0.25) is 14.4 Å². The number of fused-ring (bicyclic) bond motifs is 1. The summed E-state index contributed by atoms with van der Waals surface area (Å²) in [5.74, 6) is -1.47. The second kappa shape index (κ2) is 10.1. The fourth-order valence-corrected chi connectivity index (χ4v) is 4.59. The number of ether oxygens (including phenoxy) is 2. The summed E-state index contributed by atoms with van der Waals surface area (Å²) in [5.41, 5.74) is 11.4. The highest BCUT2D eigenvalue weighted by molar-refractivity contribution is 7.09. The zero-order valence-electron chi connectivity index (χ0n) is 20.4. The van der Waals surface area contributed by atoms with Crippen LogP contribution in [0.25, 0.3) is 0 Å². The van der Waals surface area contributed by atoms with Gasteiger partial charge in [-0.1, -0.05) is 18.2 Å². The first-order valence-corrected chi connectivity index (χ1v) is 12.0. The first kappa shape index (κ1) is 25.9. The van der Waals surface area contributed by atoms with Gasteiger partial charge < -0.3 is 31.2 Å². The molecule has 0 fully saturated rings. The molecular formula is C25H26FN5O5S. The van der Waals surface area contributed by atoms with Gasteiger partial charge in [0, 0.05) is 12.1 Å². The summed E-state index contributed by atoms with van der Waals surface area (Å²) < 4.78 is 28.5. The number of nitrogens with two attached hydrogens (primary N) is 2. The molecule has 1 aliphatic heterocycles. The van der Waals surface area contributed by atoms with Gasteiger partial charge in [0.05, 0.1) is 5.69 Å². The van der Waals surface area contributed by atoms with Gasteiger partial charge in [-0.2, -0.15) is 4.37 Å². The highest BCUT2D eigenvalue weighted by atomic mass is 32.1. The summed E-state index contributed by atoms with van der Waals surface area (Å²) in [6.07, 6.45) is 0. The van der Waals surface area contributed by atoms with E-state index < -0.39 is 35.1 Å². The Morgan fingerprint density at radius 1 is 1.14 bits per heavy atom. The SMILES string of the molecule is CC(C)(C)NC(=O)[C@H](c1ccc(F)cc1)N(Cc1ccc2c(c1)OCO2)C(=O)c1snc(C(N)=O)c1N. The molecule has 12 heteroatoms. The lowest BCUT2D eigenvalue weighted by Crippen LogP contribution is -2.49. The number of primary amides is 1. The van der Waals surface area contributed by atoms with Crippen molar-refractivity contribution >= 4 is 34.9 Å². The lowest BCUT2D eigenvalue weighted by molar-refractivity contribution is -0.127. The number of amides is 3. The molecule has 194 valence electrons. The van der Waals surface area contributed by atoms with E-state index in [1.807, 2.05) is 0 Å². The average molecular weight is 528 g/mol. The van der Waals surface area contributed by atoms with Gasteiger partial charge in [0.25, 0.3) is 11.8 Å². The first-order valence-electron chi connectivity index (χ1n) is 11.3. The van der Waals surface area contributed by atoms with Crippen molar-refractivity contribution in [2.45, 2.75) is 38.9 Å². The van der Waals surface area contributed by atoms with Crippen molar-refractivity contribution < 1.29 is 28.2 Å². The van der Waals surface area contributed by atoms with Crippen LogP contribution < -0.4 is 26.3 Å². The van der Waals surface area contributed by atoms with Crippen LogP contribution in [0.15, 0.2) is 42.5 Å². The fourth-order valence-electron chi connectivity index (χ4n) is 3.83. The predicted octanol–water partition coefficient (Wildman–Crippen LogP) is 2.99. The molecule has 2 aromatic carbocycles. The maximum atomic E-state index is 13.9. The predicted molar refractivity (Wildman–Crippen MR) is 135 cm³/mol. The van der Waals surface area contributed by atoms with Crippen molar-refractivity contribution in [2.75, 3.05) is 12.5 Å². The molecule has 3 aromatic rings. The van der Waals surface area contributed by atoms with E-state index in [4.69, 9.17) is 20.9 Å². The van der Waals surface area contributed by atoms with E-state index in [1.54, 1.807) is 39.0 Å². The number of hydrogen-bond acceptors (Lipinski definition) is 8. The van der Waals surface area contributed by atoms with Crippen LogP contribution in [-0.4, -0.2) is 39.3 Å². The second-order valence-electron chi connectivity index (χ2n) is 9.45. The molecule has 3 amide bonds. The number of halogens is 1. The van der Waals surface area contributed by atoms with Crippen LogP contribution >= 0.6 is 11.5 Å². The Morgan fingerprint density at radius 2 is 1.81 bits per heavy atom. The summed E-state index contributed by atoms with van der Waals surface area (Å²) in [5, 5.41) is 2.90. The van der Waals surface area contributed by atoms with Gasteiger partial charge in [0.15, 0.2) is 17.2 Å². The van der Waals surface area contributed by atoms with Crippen molar-refractivity contribution in [3.05, 3.63) is 70.0 Å². The van der Waals surface area contributed by atoms with Gasteiger partial charge in [-0.15, -0.1) is 0 Å². The minimum Gasteiger partial charge on any atom is -0.454 e. The number of aromatic nitrogens is 1. The number of carbonyl (C=O) groups is 3. The third kappa shape index (κ3) is 5.64. The Kier molecular flexibility index (Phi) is 7.03. The smallest absolute Gasteiger partial charge is 0.270 e. The molecule has 4 rings (SSSR count). The number of carbonyl (C=O) groups excluding carboxylic acids is 3. The topological polar surface area (TPSA) is 150 Å². The summed E-state index contributed by atoms with van der Waals surface area (Å²) in [7, 11) is 0. The molecule has 1 aliphatic rings. The van der Waals surface area contributed by atoms with E-state index in [0.29, 0.717) is 34.2 Å². The van der Waals surface area contributed by atoms with Crippen molar-refractivity contribution in [3.8, 4) is 11.5 Å². The number of benzene rings is 2. The van der Waals surface area contributed by atoms with E-state index >= 15 is 0 Å². The molecule has 0 radical (unpaired) electrons. The van der Waals surface area contributed by atoms with Crippen molar-refractivity contribution in [3.63, 3.8) is 0 Å². The normalized spacial score (nSPS) is 13.2. The number of nitrogens with one attached hydrogen (secondary N) is 1. The second-order valence-corrected chi connectivity index (χ2v) is 10.2. The lowest BCUT2D eigenvalue weighted by atomic mass is 10.00. The van der Waals surface area contributed by atoms with E-state index in [2.05, 4.69) is 9.69 Å². The Morgan fingerprint density at radius 3 is 2.43 bits per heavy atom. The number of hydrogen-bond donors (Lipinski definition) is 3. The standard InChI is InChI=1S/C25H26FN5O5S/c1-25(2,3)29-23(33)20(14-5-7-15(26)8-6-14)31(11-13-4-9-16-17(10-13)36-12-35-16)24(34)21-18(27)19(22(28)32)30-37-21/h4-10,20H,11-12,27H2,1-3H3,(H2,28,32)(H,29,33)/t20-/m0/s1. The molecule has 0 saturated carbocycles. The van der Waals surface area contributed by atoms with Gasteiger partial charge in [-0.05, 0) is 67.7 Å². The van der Waals surface area contributed by atoms with Crippen LogP contribution in [0.4, 0.5) is 10.1 Å². The van der Waals surface area contributed by atoms with Crippen LogP contribution in [0, 0.1) is 5.82 Å². The fraction of sp³-hybridized carbons (Fsp3) is 0.280. The zero-order chi connectivity index (χ0) is 26.9. The Balaban J connectivity index is 1.83. The van der Waals surface area contributed by atoms with Gasteiger partial charge >= 0.3 is 0 Å². The molecular weight excluding hydrogens is 501 g/mol. The minimum atomic E-state index is -1.18. The molecule has 10 nitrogen and oxygen atoms in total. The number of rotatable bonds is 7. The molecule has 37 heavy (non-hydrogen) atoms. The minimum absolute atomic E-state index is 0.0507. The lowest BCUT2D eigenvalue weighted by Gasteiger charge is -2.33. The number of anilines is 1. The van der Waals surface area contributed by atoms with Gasteiger partial charge in [0.2, 0.25) is 12.7 Å². The molecule has 0 spiro atoms. The highest BCUT2D eigenvalue weighted by Gasteiger charge is 2.36. The Bertz CT molecular complexity index is 1350. The van der Waals surface area contributed by atoms with Crippen LogP contribution in [0.1, 0.15) is 58.1 Å². The van der Waals surface area contributed by atoms with Crippen molar-refractivity contribution in [2.24, 2.45) is 5.73 Å². The van der Waals surface area contributed by atoms with E-state index in [0.717, 1.165) is 0 Å². The summed E-state index contributed by atoms with van der Waals surface area (Å²) in [6, 6.07) is 9.26. The highest BCUT2D eigenvalue weighted by Crippen LogP contribution is 2.35. The van der Waals surface area contributed by atoms with Gasteiger partial charge in [0.1, 0.15) is 16.7 Å². The number of nitrogens with zero attached hydrogens (tertiary/aromatic N) is 2. The Hall–Kier alpha value is -4.19. The van der Waals surface area contributed by atoms with Crippen LogP contribution in [-0.2, 0) is 11.3 Å².